The van der Waals surface area contributed by atoms with Crippen molar-refractivity contribution in [2.45, 2.75) is 20.0 Å². The molecule has 18 heavy (non-hydrogen) atoms. The van der Waals surface area contributed by atoms with Crippen LogP contribution in [-0.4, -0.2) is 28.0 Å². The van der Waals surface area contributed by atoms with Crippen LogP contribution in [0.3, 0.4) is 0 Å². The number of hydrogen-bond acceptors (Lipinski definition) is 6. The summed E-state index contributed by atoms with van der Waals surface area (Å²) in [6, 6.07) is 1.80. The SMILES string of the molecule is Cc1cc(CN(C)C(=O)c2csc(CN)n2)no1. The highest BCUT2D eigenvalue weighted by Crippen LogP contribution is 2.12. The van der Waals surface area contributed by atoms with Crippen LogP contribution in [0.1, 0.15) is 27.0 Å². The van der Waals surface area contributed by atoms with Crippen LogP contribution in [0.25, 0.3) is 0 Å². The maximum atomic E-state index is 12.1. The van der Waals surface area contributed by atoms with Crippen LogP contribution in [0, 0.1) is 6.92 Å². The van der Waals surface area contributed by atoms with Gasteiger partial charge in [-0.2, -0.15) is 0 Å². The fraction of sp³-hybridized carbons (Fsp3) is 0.364. The quantitative estimate of drug-likeness (QED) is 0.897. The number of hydrogen-bond donors (Lipinski definition) is 1. The van der Waals surface area contributed by atoms with Crippen molar-refractivity contribution in [1.29, 1.82) is 0 Å². The van der Waals surface area contributed by atoms with Crippen LogP contribution in [0.4, 0.5) is 0 Å². The van der Waals surface area contributed by atoms with Gasteiger partial charge in [0.2, 0.25) is 0 Å². The molecule has 0 aliphatic rings. The minimum absolute atomic E-state index is 0.147. The summed E-state index contributed by atoms with van der Waals surface area (Å²) in [6.45, 7) is 2.56. The van der Waals surface area contributed by atoms with Gasteiger partial charge >= 0.3 is 0 Å². The first-order valence-corrected chi connectivity index (χ1v) is 6.30. The number of aromatic nitrogens is 2. The van der Waals surface area contributed by atoms with E-state index in [-0.39, 0.29) is 5.91 Å². The molecule has 0 aromatic carbocycles. The highest BCUT2D eigenvalue weighted by molar-refractivity contribution is 7.09. The van der Waals surface area contributed by atoms with E-state index in [9.17, 15) is 4.79 Å². The van der Waals surface area contributed by atoms with Gasteiger partial charge in [0.05, 0.1) is 6.54 Å². The summed E-state index contributed by atoms with van der Waals surface area (Å²) >= 11 is 1.39. The van der Waals surface area contributed by atoms with Crippen molar-refractivity contribution in [3.63, 3.8) is 0 Å². The Balaban J connectivity index is 2.04. The lowest BCUT2D eigenvalue weighted by Gasteiger charge is -2.13. The second-order valence-electron chi connectivity index (χ2n) is 3.92. The number of nitrogens with zero attached hydrogens (tertiary/aromatic N) is 3. The van der Waals surface area contributed by atoms with Gasteiger partial charge in [0, 0.05) is 25.0 Å². The van der Waals surface area contributed by atoms with Gasteiger partial charge in [0.15, 0.2) is 0 Å². The summed E-state index contributed by atoms with van der Waals surface area (Å²) in [7, 11) is 1.70. The second kappa shape index (κ2) is 5.28. The third kappa shape index (κ3) is 2.74. The minimum atomic E-state index is -0.147. The number of aryl methyl sites for hydroxylation is 1. The zero-order chi connectivity index (χ0) is 13.1. The minimum Gasteiger partial charge on any atom is -0.361 e. The molecule has 2 N–H and O–H groups in total. The van der Waals surface area contributed by atoms with Crippen molar-refractivity contribution in [3.8, 4) is 0 Å². The van der Waals surface area contributed by atoms with Crippen molar-refractivity contribution < 1.29 is 9.32 Å². The summed E-state index contributed by atoms with van der Waals surface area (Å²) in [5, 5.41) is 6.32. The molecule has 2 aromatic heterocycles. The molecule has 0 unspecified atom stereocenters. The van der Waals surface area contributed by atoms with Gasteiger partial charge in [-0.05, 0) is 6.92 Å². The number of thiazole rings is 1. The fourth-order valence-corrected chi connectivity index (χ4v) is 2.15. The summed E-state index contributed by atoms with van der Waals surface area (Å²) in [4.78, 5) is 17.8. The van der Waals surface area contributed by atoms with Crippen molar-refractivity contribution in [3.05, 3.63) is 33.6 Å². The number of nitrogens with two attached hydrogens (primary N) is 1. The van der Waals surface area contributed by atoms with E-state index in [0.717, 1.165) is 16.5 Å². The summed E-state index contributed by atoms with van der Waals surface area (Å²) in [6.07, 6.45) is 0. The Bertz CT molecular complexity index is 549. The molecule has 0 atom stereocenters. The Morgan fingerprint density at radius 2 is 2.39 bits per heavy atom. The predicted octanol–water partition coefficient (Wildman–Crippen LogP) is 1.17. The Hall–Kier alpha value is -1.73. The molecule has 7 heteroatoms. The summed E-state index contributed by atoms with van der Waals surface area (Å²) in [5.74, 6) is 0.580. The molecule has 0 aliphatic carbocycles. The molecule has 0 saturated carbocycles. The number of rotatable bonds is 4. The lowest BCUT2D eigenvalue weighted by atomic mass is 10.3. The third-order valence-electron chi connectivity index (χ3n) is 2.37. The highest BCUT2D eigenvalue weighted by atomic mass is 32.1. The van der Waals surface area contributed by atoms with E-state index in [2.05, 4.69) is 10.1 Å². The van der Waals surface area contributed by atoms with E-state index in [0.29, 0.717) is 18.8 Å². The van der Waals surface area contributed by atoms with E-state index in [1.165, 1.54) is 11.3 Å². The Labute approximate surface area is 108 Å². The van der Waals surface area contributed by atoms with Gasteiger partial charge in [0.25, 0.3) is 5.91 Å². The van der Waals surface area contributed by atoms with Crippen LogP contribution < -0.4 is 5.73 Å². The van der Waals surface area contributed by atoms with Gasteiger partial charge in [0.1, 0.15) is 22.2 Å². The molecule has 2 aromatic rings. The predicted molar refractivity (Wildman–Crippen MR) is 67.0 cm³/mol. The molecule has 2 heterocycles. The van der Waals surface area contributed by atoms with E-state index < -0.39 is 0 Å². The van der Waals surface area contributed by atoms with Crippen molar-refractivity contribution in [2.75, 3.05) is 7.05 Å². The highest BCUT2D eigenvalue weighted by Gasteiger charge is 2.16. The fourth-order valence-electron chi connectivity index (χ4n) is 1.51. The molecular formula is C11H14N4O2S. The largest absolute Gasteiger partial charge is 0.361 e. The molecule has 0 spiro atoms. The molecule has 0 fully saturated rings. The van der Waals surface area contributed by atoms with Gasteiger partial charge in [-0.3, -0.25) is 4.79 Å². The number of amides is 1. The van der Waals surface area contributed by atoms with Crippen molar-refractivity contribution in [1.82, 2.24) is 15.0 Å². The van der Waals surface area contributed by atoms with Crippen LogP contribution in [0.15, 0.2) is 16.0 Å². The maximum Gasteiger partial charge on any atom is 0.273 e. The van der Waals surface area contributed by atoms with Crippen LogP contribution in [0.5, 0.6) is 0 Å². The van der Waals surface area contributed by atoms with Gasteiger partial charge in [-0.25, -0.2) is 4.98 Å². The first-order valence-electron chi connectivity index (χ1n) is 5.42. The van der Waals surface area contributed by atoms with Gasteiger partial charge in [-0.15, -0.1) is 11.3 Å². The summed E-state index contributed by atoms with van der Waals surface area (Å²) < 4.78 is 4.95. The van der Waals surface area contributed by atoms with E-state index >= 15 is 0 Å². The maximum absolute atomic E-state index is 12.1. The normalized spacial score (nSPS) is 10.6. The Morgan fingerprint density at radius 3 is 2.94 bits per heavy atom. The molecule has 96 valence electrons. The number of carbonyl (C=O) groups is 1. The number of carbonyl (C=O) groups excluding carboxylic acids is 1. The molecule has 0 aliphatic heterocycles. The lowest BCUT2D eigenvalue weighted by molar-refractivity contribution is 0.0777. The smallest absolute Gasteiger partial charge is 0.273 e. The first kappa shape index (κ1) is 12.7. The van der Waals surface area contributed by atoms with Crippen molar-refractivity contribution in [2.24, 2.45) is 5.73 Å². The monoisotopic (exact) mass is 266 g/mol. The van der Waals surface area contributed by atoms with E-state index in [1.54, 1.807) is 23.4 Å². The second-order valence-corrected chi connectivity index (χ2v) is 4.86. The lowest BCUT2D eigenvalue weighted by Crippen LogP contribution is -2.26. The topological polar surface area (TPSA) is 85.2 Å². The van der Waals surface area contributed by atoms with Crippen LogP contribution in [-0.2, 0) is 13.1 Å². The third-order valence-corrected chi connectivity index (χ3v) is 3.24. The zero-order valence-corrected chi connectivity index (χ0v) is 11.0. The average Bonchev–Trinajstić information content (AvgIpc) is 2.97. The van der Waals surface area contributed by atoms with Gasteiger partial charge in [-0.1, -0.05) is 5.16 Å². The molecule has 1 amide bonds. The summed E-state index contributed by atoms with van der Waals surface area (Å²) in [5.41, 5.74) is 6.61. The molecule has 6 nitrogen and oxygen atoms in total. The molecule has 0 saturated heterocycles. The molecule has 2 rings (SSSR count). The van der Waals surface area contributed by atoms with Crippen LogP contribution in [0.2, 0.25) is 0 Å². The van der Waals surface area contributed by atoms with Crippen molar-refractivity contribution >= 4 is 17.2 Å². The standard InChI is InChI=1S/C11H14N4O2S/c1-7-3-8(14-17-7)5-15(2)11(16)9-6-18-10(4-12)13-9/h3,6H,4-5,12H2,1-2H3. The molecule has 0 bridgehead atoms. The van der Waals surface area contributed by atoms with Gasteiger partial charge < -0.3 is 15.2 Å². The van der Waals surface area contributed by atoms with E-state index in [4.69, 9.17) is 10.3 Å². The molecular weight excluding hydrogens is 252 g/mol. The average molecular weight is 266 g/mol. The Morgan fingerprint density at radius 1 is 1.61 bits per heavy atom. The zero-order valence-electron chi connectivity index (χ0n) is 10.2. The molecule has 0 radical (unpaired) electrons. The first-order chi connectivity index (χ1) is 8.60. The van der Waals surface area contributed by atoms with E-state index in [1.807, 2.05) is 6.92 Å². The van der Waals surface area contributed by atoms with Crippen LogP contribution >= 0.6 is 11.3 Å². The Kier molecular flexibility index (Phi) is 3.73.